The van der Waals surface area contributed by atoms with E-state index in [2.05, 4.69) is 5.32 Å². The van der Waals surface area contributed by atoms with E-state index in [1.54, 1.807) is 12.1 Å². The van der Waals surface area contributed by atoms with Gasteiger partial charge >= 0.3 is 0 Å². The summed E-state index contributed by atoms with van der Waals surface area (Å²) < 4.78 is 27.5. The van der Waals surface area contributed by atoms with E-state index < -0.39 is 15.7 Å². The third kappa shape index (κ3) is 3.68. The molecule has 158 valence electrons. The lowest BCUT2D eigenvalue weighted by atomic mass is 10.00. The number of aryl methyl sites for hydroxylation is 3. The van der Waals surface area contributed by atoms with Gasteiger partial charge in [-0.3, -0.25) is 9.79 Å². The lowest BCUT2D eigenvalue weighted by Crippen LogP contribution is -2.52. The Morgan fingerprint density at radius 3 is 2.30 bits per heavy atom. The average Bonchev–Trinajstić information content (AvgIpc) is 3.06. The quantitative estimate of drug-likeness (QED) is 0.818. The molecule has 1 saturated heterocycles. The number of aliphatic imine (C=N–C) groups is 1. The van der Waals surface area contributed by atoms with E-state index in [9.17, 15) is 13.2 Å². The maximum Gasteiger partial charge on any atom is 0.272 e. The summed E-state index contributed by atoms with van der Waals surface area (Å²) in [6.45, 7) is 6.72. The van der Waals surface area contributed by atoms with Crippen LogP contribution < -0.4 is 5.32 Å². The largest absolute Gasteiger partial charge is 0.326 e. The van der Waals surface area contributed by atoms with Gasteiger partial charge in [-0.1, -0.05) is 31.2 Å². The molecule has 2 heterocycles. The fourth-order valence-electron chi connectivity index (χ4n) is 4.03. The molecule has 2 aromatic carbocycles. The van der Waals surface area contributed by atoms with Crippen LogP contribution in [0.2, 0.25) is 0 Å². The second-order valence-corrected chi connectivity index (χ2v) is 10.1. The first-order valence-electron chi connectivity index (χ1n) is 10.3. The van der Waals surface area contributed by atoms with E-state index in [4.69, 9.17) is 4.99 Å². The van der Waals surface area contributed by atoms with E-state index in [-0.39, 0.29) is 5.91 Å². The lowest BCUT2D eigenvalue weighted by molar-refractivity contribution is -0.115. The number of piperidine rings is 1. The Morgan fingerprint density at radius 2 is 1.70 bits per heavy atom. The van der Waals surface area contributed by atoms with Gasteiger partial charge in [0.25, 0.3) is 5.91 Å². The van der Waals surface area contributed by atoms with Crippen molar-refractivity contribution in [3.63, 3.8) is 0 Å². The Bertz CT molecular complexity index is 1110. The van der Waals surface area contributed by atoms with Gasteiger partial charge in [0.2, 0.25) is 10.0 Å². The zero-order valence-corrected chi connectivity index (χ0v) is 18.4. The topological polar surface area (TPSA) is 78.8 Å². The molecule has 2 aromatic rings. The van der Waals surface area contributed by atoms with Crippen LogP contribution in [-0.4, -0.2) is 43.1 Å². The van der Waals surface area contributed by atoms with E-state index >= 15 is 0 Å². The zero-order valence-electron chi connectivity index (χ0n) is 17.6. The number of carbonyl (C=O) groups excluding carboxylic acids is 1. The molecule has 0 aliphatic carbocycles. The van der Waals surface area contributed by atoms with Crippen molar-refractivity contribution in [1.29, 1.82) is 0 Å². The maximum absolute atomic E-state index is 13.0. The van der Waals surface area contributed by atoms with Crippen LogP contribution >= 0.6 is 0 Å². The molecule has 1 amide bonds. The van der Waals surface area contributed by atoms with Crippen LogP contribution in [0.4, 0.5) is 0 Å². The van der Waals surface area contributed by atoms with Crippen molar-refractivity contribution in [3.05, 3.63) is 64.7 Å². The number of benzene rings is 2. The highest BCUT2D eigenvalue weighted by molar-refractivity contribution is 7.89. The molecular formula is C23H27N3O3S. The third-order valence-corrected chi connectivity index (χ3v) is 8.10. The van der Waals surface area contributed by atoms with Crippen molar-refractivity contribution < 1.29 is 13.2 Å². The Balaban J connectivity index is 1.52. The van der Waals surface area contributed by atoms with E-state index in [1.165, 1.54) is 4.31 Å². The molecular weight excluding hydrogens is 398 g/mol. The van der Waals surface area contributed by atoms with Gasteiger partial charge in [0.15, 0.2) is 0 Å². The Labute approximate surface area is 178 Å². The second-order valence-electron chi connectivity index (χ2n) is 8.15. The molecule has 0 atom stereocenters. The minimum absolute atomic E-state index is 0.190. The molecule has 0 unspecified atom stereocenters. The molecule has 1 spiro atoms. The van der Waals surface area contributed by atoms with Crippen LogP contribution in [0, 0.1) is 13.8 Å². The number of rotatable bonds is 4. The van der Waals surface area contributed by atoms with Gasteiger partial charge in [-0.25, -0.2) is 8.42 Å². The van der Waals surface area contributed by atoms with Crippen LogP contribution in [0.5, 0.6) is 0 Å². The maximum atomic E-state index is 13.0. The van der Waals surface area contributed by atoms with Crippen molar-refractivity contribution in [1.82, 2.24) is 9.62 Å². The van der Waals surface area contributed by atoms with Crippen molar-refractivity contribution in [3.8, 4) is 0 Å². The first-order valence-corrected chi connectivity index (χ1v) is 11.8. The minimum Gasteiger partial charge on any atom is -0.326 e. The number of hydrogen-bond acceptors (Lipinski definition) is 4. The summed E-state index contributed by atoms with van der Waals surface area (Å²) in [7, 11) is -3.55. The van der Waals surface area contributed by atoms with Crippen LogP contribution in [0.1, 0.15) is 42.0 Å². The molecule has 6 nitrogen and oxygen atoms in total. The average molecular weight is 426 g/mol. The number of hydrogen-bond donors (Lipinski definition) is 1. The molecule has 0 bridgehead atoms. The van der Waals surface area contributed by atoms with Crippen LogP contribution in [0.25, 0.3) is 0 Å². The van der Waals surface area contributed by atoms with Crippen molar-refractivity contribution in [2.24, 2.45) is 4.99 Å². The van der Waals surface area contributed by atoms with Crippen molar-refractivity contribution in [2.75, 3.05) is 13.1 Å². The van der Waals surface area contributed by atoms with Crippen LogP contribution in [0.3, 0.4) is 0 Å². The van der Waals surface area contributed by atoms with Gasteiger partial charge in [-0.2, -0.15) is 4.31 Å². The molecule has 7 heteroatoms. The summed E-state index contributed by atoms with van der Waals surface area (Å²) in [5.74, 6) is -0.190. The van der Waals surface area contributed by atoms with E-state index in [1.807, 2.05) is 51.1 Å². The second kappa shape index (κ2) is 7.63. The first-order chi connectivity index (χ1) is 14.2. The molecule has 1 fully saturated rings. The Hall–Kier alpha value is -2.51. The number of sulfonamides is 1. The lowest BCUT2D eigenvalue weighted by Gasteiger charge is -2.36. The predicted molar refractivity (Wildman–Crippen MR) is 117 cm³/mol. The van der Waals surface area contributed by atoms with Gasteiger partial charge in [0.05, 0.1) is 4.90 Å². The Morgan fingerprint density at radius 1 is 1.03 bits per heavy atom. The SMILES string of the molecule is CCc1ccc(S(=O)(=O)N2CCC3(CC2)N=C(c2ccc(C)c(C)c2)C(=O)N3)cc1. The van der Waals surface area contributed by atoms with Gasteiger partial charge in [-0.05, 0) is 55.2 Å². The Kier molecular flexibility index (Phi) is 5.28. The molecule has 0 aromatic heterocycles. The summed E-state index contributed by atoms with van der Waals surface area (Å²) >= 11 is 0. The van der Waals surface area contributed by atoms with E-state index in [0.29, 0.717) is 36.5 Å². The van der Waals surface area contributed by atoms with Gasteiger partial charge in [-0.15, -0.1) is 0 Å². The molecule has 0 radical (unpaired) electrons. The van der Waals surface area contributed by atoms with Gasteiger partial charge in [0, 0.05) is 31.5 Å². The van der Waals surface area contributed by atoms with Crippen LogP contribution in [-0.2, 0) is 21.2 Å². The molecule has 1 N–H and O–H groups in total. The fourth-order valence-corrected chi connectivity index (χ4v) is 5.47. The third-order valence-electron chi connectivity index (χ3n) is 6.19. The summed E-state index contributed by atoms with van der Waals surface area (Å²) in [6.07, 6.45) is 1.78. The van der Waals surface area contributed by atoms with Gasteiger partial charge in [0.1, 0.15) is 11.4 Å². The van der Waals surface area contributed by atoms with Gasteiger partial charge < -0.3 is 5.32 Å². The normalized spacial score (nSPS) is 19.0. The molecule has 30 heavy (non-hydrogen) atoms. The highest BCUT2D eigenvalue weighted by Gasteiger charge is 2.44. The summed E-state index contributed by atoms with van der Waals surface area (Å²) in [4.78, 5) is 17.7. The summed E-state index contributed by atoms with van der Waals surface area (Å²) in [5, 5.41) is 3.01. The summed E-state index contributed by atoms with van der Waals surface area (Å²) in [6, 6.07) is 12.9. The number of nitrogens with one attached hydrogen (secondary N) is 1. The van der Waals surface area contributed by atoms with E-state index in [0.717, 1.165) is 28.7 Å². The summed E-state index contributed by atoms with van der Waals surface area (Å²) in [5.41, 5.74) is 3.90. The number of nitrogens with zero attached hydrogens (tertiary/aromatic N) is 2. The monoisotopic (exact) mass is 425 g/mol. The van der Waals surface area contributed by atoms with Crippen molar-refractivity contribution >= 4 is 21.6 Å². The molecule has 2 aliphatic heterocycles. The molecule has 0 saturated carbocycles. The van der Waals surface area contributed by atoms with Crippen LogP contribution in [0.15, 0.2) is 52.4 Å². The first kappa shape index (κ1) is 20.8. The fraction of sp³-hybridized carbons (Fsp3) is 0.391. The predicted octanol–water partition coefficient (Wildman–Crippen LogP) is 2.97. The standard InChI is InChI=1S/C23H27N3O3S/c1-4-18-6-9-20(10-7-18)30(28,29)26-13-11-23(12-14-26)24-21(22(27)25-23)19-8-5-16(2)17(3)15-19/h5-10,15H,4,11-14H2,1-3H3,(H,25,27). The molecule has 2 aliphatic rings. The minimum atomic E-state index is -3.55. The number of amides is 1. The molecule has 4 rings (SSSR count). The van der Waals surface area contributed by atoms with Crippen molar-refractivity contribution in [2.45, 2.75) is 50.6 Å². The smallest absolute Gasteiger partial charge is 0.272 e. The zero-order chi connectivity index (χ0) is 21.5. The number of carbonyl (C=O) groups is 1. The highest BCUT2D eigenvalue weighted by Crippen LogP contribution is 2.31. The highest BCUT2D eigenvalue weighted by atomic mass is 32.2.